The normalized spacial score (nSPS) is 11.5. The van der Waals surface area contributed by atoms with Gasteiger partial charge < -0.3 is 4.74 Å². The van der Waals surface area contributed by atoms with E-state index in [0.717, 1.165) is 16.9 Å². The Labute approximate surface area is 104 Å². The van der Waals surface area contributed by atoms with Crippen LogP contribution in [0.2, 0.25) is 0 Å². The lowest BCUT2D eigenvalue weighted by Crippen LogP contribution is -2.17. The molecule has 1 aromatic carbocycles. The number of hydrogen-bond acceptors (Lipinski definition) is 3. The van der Waals surface area contributed by atoms with Crippen LogP contribution in [-0.4, -0.2) is 26.5 Å². The molecule has 0 N–H and O–H groups in total. The van der Waals surface area contributed by atoms with Gasteiger partial charge in [0.2, 0.25) is 0 Å². The summed E-state index contributed by atoms with van der Waals surface area (Å²) in [5.74, 6) is 1.11. The topological polar surface area (TPSA) is 43.4 Å². The maximum absolute atomic E-state index is 11.5. The first-order valence-electron chi connectivity index (χ1n) is 5.85. The molecule has 0 aromatic heterocycles. The van der Waals surface area contributed by atoms with Crippen LogP contribution in [0.15, 0.2) is 18.2 Å². The van der Waals surface area contributed by atoms with Gasteiger partial charge in [0.1, 0.15) is 12.4 Å². The molecule has 96 valence electrons. The molecule has 4 heteroatoms. The molecule has 0 aliphatic heterocycles. The zero-order chi connectivity index (χ0) is 12.9. The molecule has 0 bridgehead atoms. The van der Waals surface area contributed by atoms with Crippen LogP contribution in [0, 0.1) is 13.8 Å². The largest absolute Gasteiger partial charge is 0.492 e. The van der Waals surface area contributed by atoms with Crippen molar-refractivity contribution in [2.45, 2.75) is 27.2 Å². The summed E-state index contributed by atoms with van der Waals surface area (Å²) >= 11 is 0. The third-order valence-corrected chi connectivity index (χ3v) is 4.33. The van der Waals surface area contributed by atoms with E-state index < -0.39 is 9.84 Å². The Bertz CT molecular complexity index is 464. The summed E-state index contributed by atoms with van der Waals surface area (Å²) in [4.78, 5) is 0. The van der Waals surface area contributed by atoms with Gasteiger partial charge in [-0.05, 0) is 37.5 Å². The van der Waals surface area contributed by atoms with E-state index >= 15 is 0 Å². The molecule has 0 fully saturated rings. The molecular formula is C13H20O3S. The average molecular weight is 256 g/mol. The van der Waals surface area contributed by atoms with Crippen LogP contribution < -0.4 is 4.74 Å². The average Bonchev–Trinajstić information content (AvgIpc) is 2.23. The Kier molecular flexibility index (Phi) is 5.00. The van der Waals surface area contributed by atoms with Gasteiger partial charge in [0.05, 0.1) is 11.5 Å². The Balaban J connectivity index is 2.54. The summed E-state index contributed by atoms with van der Waals surface area (Å²) in [6.45, 7) is 6.03. The van der Waals surface area contributed by atoms with E-state index in [9.17, 15) is 8.42 Å². The van der Waals surface area contributed by atoms with Crippen LogP contribution in [0.1, 0.15) is 24.5 Å². The van der Waals surface area contributed by atoms with Crippen LogP contribution >= 0.6 is 0 Å². The molecule has 0 saturated heterocycles. The second kappa shape index (κ2) is 6.05. The van der Waals surface area contributed by atoms with Crippen LogP contribution in [0.5, 0.6) is 5.75 Å². The second-order valence-electron chi connectivity index (χ2n) is 4.27. The quantitative estimate of drug-likeness (QED) is 0.785. The lowest BCUT2D eigenvalue weighted by molar-refractivity contribution is 0.338. The summed E-state index contributed by atoms with van der Waals surface area (Å²) < 4.78 is 28.5. The van der Waals surface area contributed by atoms with Crippen molar-refractivity contribution in [2.24, 2.45) is 0 Å². The molecule has 17 heavy (non-hydrogen) atoms. The van der Waals surface area contributed by atoms with Crippen molar-refractivity contribution in [3.8, 4) is 5.75 Å². The van der Waals surface area contributed by atoms with Crippen LogP contribution in [0.4, 0.5) is 0 Å². The Hall–Kier alpha value is -1.03. The van der Waals surface area contributed by atoms with Crippen LogP contribution in [0.25, 0.3) is 0 Å². The van der Waals surface area contributed by atoms with Gasteiger partial charge in [0, 0.05) is 0 Å². The van der Waals surface area contributed by atoms with Gasteiger partial charge in [-0.3, -0.25) is 0 Å². The smallest absolute Gasteiger partial charge is 0.153 e. The molecule has 0 aliphatic carbocycles. The molecule has 0 aliphatic rings. The number of hydrogen-bond donors (Lipinski definition) is 0. The molecular weight excluding hydrogens is 236 g/mol. The zero-order valence-corrected chi connectivity index (χ0v) is 11.5. The minimum absolute atomic E-state index is 0.0915. The van der Waals surface area contributed by atoms with Gasteiger partial charge in [0.15, 0.2) is 9.84 Å². The van der Waals surface area contributed by atoms with Crippen LogP contribution in [0.3, 0.4) is 0 Å². The van der Waals surface area contributed by atoms with E-state index in [1.54, 1.807) is 0 Å². The molecule has 0 heterocycles. The molecule has 0 radical (unpaired) electrons. The lowest BCUT2D eigenvalue weighted by Gasteiger charge is -2.10. The molecule has 0 amide bonds. The number of rotatable bonds is 6. The lowest BCUT2D eigenvalue weighted by atomic mass is 10.1. The monoisotopic (exact) mass is 256 g/mol. The van der Waals surface area contributed by atoms with Crippen LogP contribution in [-0.2, 0) is 9.84 Å². The molecule has 0 atom stereocenters. The SMILES string of the molecule is CCCS(=O)(=O)CCOc1cc(C)ccc1C. The Morgan fingerprint density at radius 1 is 1.18 bits per heavy atom. The first kappa shape index (κ1) is 14.0. The number of benzene rings is 1. The fourth-order valence-electron chi connectivity index (χ4n) is 1.55. The van der Waals surface area contributed by atoms with E-state index in [1.165, 1.54) is 0 Å². The first-order valence-corrected chi connectivity index (χ1v) is 7.67. The van der Waals surface area contributed by atoms with Gasteiger partial charge in [-0.2, -0.15) is 0 Å². The Morgan fingerprint density at radius 2 is 1.88 bits per heavy atom. The van der Waals surface area contributed by atoms with Gasteiger partial charge in [-0.15, -0.1) is 0 Å². The highest BCUT2D eigenvalue weighted by Crippen LogP contribution is 2.18. The summed E-state index contributed by atoms with van der Waals surface area (Å²) in [6.07, 6.45) is 0.659. The van der Waals surface area contributed by atoms with E-state index in [2.05, 4.69) is 0 Å². The summed E-state index contributed by atoms with van der Waals surface area (Å²) in [5.41, 5.74) is 2.14. The highest BCUT2D eigenvalue weighted by Gasteiger charge is 2.09. The van der Waals surface area contributed by atoms with Crippen molar-refractivity contribution in [3.63, 3.8) is 0 Å². The first-order chi connectivity index (χ1) is 7.94. The zero-order valence-electron chi connectivity index (χ0n) is 10.7. The van der Waals surface area contributed by atoms with E-state index in [-0.39, 0.29) is 18.1 Å². The molecule has 1 aromatic rings. The number of sulfone groups is 1. The summed E-state index contributed by atoms with van der Waals surface area (Å²) in [6, 6.07) is 5.92. The molecule has 0 saturated carbocycles. The number of aryl methyl sites for hydroxylation is 2. The standard InChI is InChI=1S/C13H20O3S/c1-4-8-17(14,15)9-7-16-13-10-11(2)5-6-12(13)3/h5-6,10H,4,7-9H2,1-3H3. The second-order valence-corrected chi connectivity index (χ2v) is 6.57. The summed E-state index contributed by atoms with van der Waals surface area (Å²) in [7, 11) is -2.95. The van der Waals surface area contributed by atoms with Crippen molar-refractivity contribution in [2.75, 3.05) is 18.1 Å². The molecule has 0 unspecified atom stereocenters. The van der Waals surface area contributed by atoms with E-state index in [4.69, 9.17) is 4.74 Å². The van der Waals surface area contributed by atoms with Crippen molar-refractivity contribution in [3.05, 3.63) is 29.3 Å². The predicted molar refractivity (Wildman–Crippen MR) is 70.4 cm³/mol. The third-order valence-electron chi connectivity index (χ3n) is 2.51. The fourth-order valence-corrected chi connectivity index (χ4v) is 2.72. The fraction of sp³-hybridized carbons (Fsp3) is 0.538. The maximum Gasteiger partial charge on any atom is 0.153 e. The summed E-state index contributed by atoms with van der Waals surface area (Å²) in [5, 5.41) is 0. The van der Waals surface area contributed by atoms with Crippen molar-refractivity contribution >= 4 is 9.84 Å². The third kappa shape index (κ3) is 4.77. The highest BCUT2D eigenvalue weighted by molar-refractivity contribution is 7.91. The molecule has 3 nitrogen and oxygen atoms in total. The van der Waals surface area contributed by atoms with Crippen molar-refractivity contribution < 1.29 is 13.2 Å². The molecule has 0 spiro atoms. The van der Waals surface area contributed by atoms with Gasteiger partial charge in [0.25, 0.3) is 0 Å². The highest BCUT2D eigenvalue weighted by atomic mass is 32.2. The molecule has 1 rings (SSSR count). The Morgan fingerprint density at radius 3 is 2.53 bits per heavy atom. The predicted octanol–water partition coefficient (Wildman–Crippen LogP) is 2.51. The van der Waals surface area contributed by atoms with Gasteiger partial charge >= 0.3 is 0 Å². The minimum Gasteiger partial charge on any atom is -0.492 e. The van der Waals surface area contributed by atoms with E-state index in [1.807, 2.05) is 39.0 Å². The van der Waals surface area contributed by atoms with Gasteiger partial charge in [-0.1, -0.05) is 19.1 Å². The van der Waals surface area contributed by atoms with E-state index in [0.29, 0.717) is 6.42 Å². The van der Waals surface area contributed by atoms with Gasteiger partial charge in [-0.25, -0.2) is 8.42 Å². The van der Waals surface area contributed by atoms with Crippen molar-refractivity contribution in [1.29, 1.82) is 0 Å². The maximum atomic E-state index is 11.5. The van der Waals surface area contributed by atoms with Crippen molar-refractivity contribution in [1.82, 2.24) is 0 Å². The minimum atomic E-state index is -2.95. The number of ether oxygens (including phenoxy) is 1.